The van der Waals surface area contributed by atoms with Crippen molar-refractivity contribution in [3.8, 4) is 0 Å². The summed E-state index contributed by atoms with van der Waals surface area (Å²) >= 11 is 5.94. The molecule has 1 aromatic carbocycles. The second-order valence-corrected chi connectivity index (χ2v) is 5.75. The van der Waals surface area contributed by atoms with Gasteiger partial charge in [0.25, 0.3) is 5.91 Å². The summed E-state index contributed by atoms with van der Waals surface area (Å²) in [5.41, 5.74) is 1.41. The Morgan fingerprint density at radius 2 is 2.09 bits per heavy atom. The Bertz CT molecular complexity index is 684. The summed E-state index contributed by atoms with van der Waals surface area (Å²) in [6.45, 7) is 1.42. The molecular formula is C16H16ClFN2O2. The average molecular weight is 323 g/mol. The average Bonchev–Trinajstić information content (AvgIpc) is 2.86. The van der Waals surface area contributed by atoms with Crippen LogP contribution in [-0.4, -0.2) is 35.1 Å². The molecule has 1 amide bonds. The molecule has 1 aliphatic rings. The molecule has 116 valence electrons. The minimum atomic E-state index is -0.286. The molecule has 3 rings (SSSR count). The summed E-state index contributed by atoms with van der Waals surface area (Å²) in [5.74, 6) is -0.365. The molecule has 0 bridgehead atoms. The number of carbonyl (C=O) groups is 1. The highest BCUT2D eigenvalue weighted by Crippen LogP contribution is 2.24. The molecule has 0 saturated carbocycles. The van der Waals surface area contributed by atoms with Gasteiger partial charge in [-0.1, -0.05) is 23.7 Å². The highest BCUT2D eigenvalue weighted by atomic mass is 35.5. The van der Waals surface area contributed by atoms with E-state index < -0.39 is 0 Å². The van der Waals surface area contributed by atoms with Gasteiger partial charge < -0.3 is 14.2 Å². The maximum Gasteiger partial charge on any atom is 0.270 e. The van der Waals surface area contributed by atoms with Crippen LogP contribution in [0, 0.1) is 5.82 Å². The van der Waals surface area contributed by atoms with E-state index in [1.54, 1.807) is 40.9 Å². The van der Waals surface area contributed by atoms with E-state index in [4.69, 9.17) is 16.3 Å². The molecule has 6 heteroatoms. The van der Waals surface area contributed by atoms with Crippen LogP contribution in [0.5, 0.6) is 0 Å². The standard InChI is InChI=1S/C16H16ClFN2O2/c1-19-9-12(17)8-14(19)16(21)20-6-7-22-15(10-20)11-2-4-13(18)5-3-11/h2-5,8-9,15H,6-7,10H2,1H3. The van der Waals surface area contributed by atoms with Gasteiger partial charge in [0, 0.05) is 19.8 Å². The van der Waals surface area contributed by atoms with Gasteiger partial charge in [-0.25, -0.2) is 4.39 Å². The number of halogens is 2. The summed E-state index contributed by atoms with van der Waals surface area (Å²) in [6.07, 6.45) is 1.46. The summed E-state index contributed by atoms with van der Waals surface area (Å²) in [4.78, 5) is 14.3. The Morgan fingerprint density at radius 3 is 2.73 bits per heavy atom. The van der Waals surface area contributed by atoms with Crippen LogP contribution in [0.2, 0.25) is 5.02 Å². The van der Waals surface area contributed by atoms with Crippen molar-refractivity contribution in [2.24, 2.45) is 7.05 Å². The lowest BCUT2D eigenvalue weighted by Crippen LogP contribution is -2.42. The number of carbonyl (C=O) groups excluding carboxylic acids is 1. The van der Waals surface area contributed by atoms with Gasteiger partial charge in [0.1, 0.15) is 17.6 Å². The normalized spacial score (nSPS) is 18.5. The van der Waals surface area contributed by atoms with E-state index in [1.807, 2.05) is 0 Å². The van der Waals surface area contributed by atoms with E-state index in [-0.39, 0.29) is 17.8 Å². The predicted molar refractivity (Wildman–Crippen MR) is 81.4 cm³/mol. The molecule has 1 unspecified atom stereocenters. The maximum atomic E-state index is 13.0. The minimum absolute atomic E-state index is 0.0789. The molecule has 0 aliphatic carbocycles. The van der Waals surface area contributed by atoms with Gasteiger partial charge in [-0.15, -0.1) is 0 Å². The van der Waals surface area contributed by atoms with Crippen LogP contribution >= 0.6 is 11.6 Å². The number of morpholine rings is 1. The summed E-state index contributed by atoms with van der Waals surface area (Å²) in [5, 5.41) is 0.536. The van der Waals surface area contributed by atoms with Crippen molar-refractivity contribution in [2.75, 3.05) is 19.7 Å². The zero-order valence-corrected chi connectivity index (χ0v) is 12.9. The van der Waals surface area contributed by atoms with Gasteiger partial charge in [0.05, 0.1) is 18.2 Å². The fraction of sp³-hybridized carbons (Fsp3) is 0.312. The summed E-state index contributed by atoms with van der Waals surface area (Å²) in [7, 11) is 1.79. The van der Waals surface area contributed by atoms with Crippen LogP contribution < -0.4 is 0 Å². The lowest BCUT2D eigenvalue weighted by atomic mass is 10.1. The highest BCUT2D eigenvalue weighted by molar-refractivity contribution is 6.31. The van der Waals surface area contributed by atoms with Crippen LogP contribution in [0.1, 0.15) is 22.2 Å². The fourth-order valence-electron chi connectivity index (χ4n) is 2.61. The number of benzene rings is 1. The van der Waals surface area contributed by atoms with Gasteiger partial charge in [-0.3, -0.25) is 4.79 Å². The Kier molecular flexibility index (Phi) is 4.18. The van der Waals surface area contributed by atoms with Crippen molar-refractivity contribution >= 4 is 17.5 Å². The molecule has 22 heavy (non-hydrogen) atoms. The van der Waals surface area contributed by atoms with Crippen LogP contribution in [-0.2, 0) is 11.8 Å². The number of hydrogen-bond donors (Lipinski definition) is 0. The summed E-state index contributed by atoms with van der Waals surface area (Å²) in [6, 6.07) is 7.83. The number of rotatable bonds is 2. The summed E-state index contributed by atoms with van der Waals surface area (Å²) < 4.78 is 20.4. The smallest absolute Gasteiger partial charge is 0.270 e. The Morgan fingerprint density at radius 1 is 1.36 bits per heavy atom. The number of hydrogen-bond acceptors (Lipinski definition) is 2. The molecule has 2 heterocycles. The Labute approximate surface area is 133 Å². The molecule has 1 aromatic heterocycles. The molecule has 0 radical (unpaired) electrons. The molecular weight excluding hydrogens is 307 g/mol. The van der Waals surface area contributed by atoms with Crippen molar-refractivity contribution in [2.45, 2.75) is 6.10 Å². The van der Waals surface area contributed by atoms with Gasteiger partial charge >= 0.3 is 0 Å². The molecule has 1 aliphatic heterocycles. The van der Waals surface area contributed by atoms with E-state index in [1.165, 1.54) is 12.1 Å². The third kappa shape index (κ3) is 3.00. The highest BCUT2D eigenvalue weighted by Gasteiger charge is 2.27. The van der Waals surface area contributed by atoms with Crippen LogP contribution in [0.25, 0.3) is 0 Å². The van der Waals surface area contributed by atoms with E-state index in [0.29, 0.717) is 30.4 Å². The fourth-order valence-corrected chi connectivity index (χ4v) is 2.86. The van der Waals surface area contributed by atoms with Crippen molar-refractivity contribution in [1.82, 2.24) is 9.47 Å². The number of nitrogens with zero attached hydrogens (tertiary/aromatic N) is 2. The van der Waals surface area contributed by atoms with E-state index in [0.717, 1.165) is 5.56 Å². The van der Waals surface area contributed by atoms with E-state index in [9.17, 15) is 9.18 Å². The quantitative estimate of drug-likeness (QED) is 0.851. The Hall–Kier alpha value is -1.85. The van der Waals surface area contributed by atoms with E-state index in [2.05, 4.69) is 0 Å². The minimum Gasteiger partial charge on any atom is -0.370 e. The molecule has 1 saturated heterocycles. The van der Waals surface area contributed by atoms with Crippen LogP contribution in [0.15, 0.2) is 36.5 Å². The lowest BCUT2D eigenvalue weighted by Gasteiger charge is -2.33. The molecule has 1 fully saturated rings. The van der Waals surface area contributed by atoms with Crippen molar-refractivity contribution < 1.29 is 13.9 Å². The van der Waals surface area contributed by atoms with Gasteiger partial charge in [-0.05, 0) is 23.8 Å². The first-order chi connectivity index (χ1) is 10.5. The number of aromatic nitrogens is 1. The van der Waals surface area contributed by atoms with Crippen molar-refractivity contribution in [3.63, 3.8) is 0 Å². The van der Waals surface area contributed by atoms with Crippen LogP contribution in [0.4, 0.5) is 4.39 Å². The third-order valence-electron chi connectivity index (χ3n) is 3.79. The zero-order valence-electron chi connectivity index (χ0n) is 12.1. The predicted octanol–water partition coefficient (Wildman–Crippen LogP) is 3.03. The number of ether oxygens (including phenoxy) is 1. The topological polar surface area (TPSA) is 34.5 Å². The van der Waals surface area contributed by atoms with Crippen LogP contribution in [0.3, 0.4) is 0 Å². The largest absolute Gasteiger partial charge is 0.370 e. The van der Waals surface area contributed by atoms with Gasteiger partial charge in [0.15, 0.2) is 0 Å². The first kappa shape index (κ1) is 15.1. The zero-order chi connectivity index (χ0) is 15.7. The third-order valence-corrected chi connectivity index (χ3v) is 3.99. The molecule has 4 nitrogen and oxygen atoms in total. The lowest BCUT2D eigenvalue weighted by molar-refractivity contribution is -0.0231. The SMILES string of the molecule is Cn1cc(Cl)cc1C(=O)N1CCOC(c2ccc(F)cc2)C1. The maximum absolute atomic E-state index is 13.0. The molecule has 0 N–H and O–H groups in total. The first-order valence-corrected chi connectivity index (χ1v) is 7.40. The second kappa shape index (κ2) is 6.10. The molecule has 1 atom stereocenters. The molecule has 2 aromatic rings. The van der Waals surface area contributed by atoms with Gasteiger partial charge in [0.2, 0.25) is 0 Å². The number of amides is 1. The van der Waals surface area contributed by atoms with E-state index >= 15 is 0 Å². The monoisotopic (exact) mass is 322 g/mol. The van der Waals surface area contributed by atoms with Crippen molar-refractivity contribution in [1.29, 1.82) is 0 Å². The van der Waals surface area contributed by atoms with Crippen molar-refractivity contribution in [3.05, 3.63) is 58.6 Å². The first-order valence-electron chi connectivity index (χ1n) is 7.03. The van der Waals surface area contributed by atoms with Gasteiger partial charge in [-0.2, -0.15) is 0 Å². The Balaban J connectivity index is 1.76. The second-order valence-electron chi connectivity index (χ2n) is 5.32. The molecule has 0 spiro atoms. The number of aryl methyl sites for hydroxylation is 1.